The number of hydrogen-bond donors (Lipinski definition) is 3. The summed E-state index contributed by atoms with van der Waals surface area (Å²) in [7, 11) is 3.38. The van der Waals surface area contributed by atoms with Gasteiger partial charge in [0.15, 0.2) is 5.96 Å². The minimum absolute atomic E-state index is 0. The van der Waals surface area contributed by atoms with Gasteiger partial charge < -0.3 is 20.7 Å². The summed E-state index contributed by atoms with van der Waals surface area (Å²) < 4.78 is 5.14. The highest BCUT2D eigenvalue weighted by Crippen LogP contribution is 2.26. The molecule has 0 aromatic heterocycles. The van der Waals surface area contributed by atoms with Gasteiger partial charge in [0, 0.05) is 38.8 Å². The van der Waals surface area contributed by atoms with Gasteiger partial charge >= 0.3 is 0 Å². The number of carbonyl (C=O) groups is 1. The predicted molar refractivity (Wildman–Crippen MR) is 127 cm³/mol. The Balaban J connectivity index is 0.00000300. The Morgan fingerprint density at radius 2 is 1.90 bits per heavy atom. The lowest BCUT2D eigenvalue weighted by molar-refractivity contribution is -0.120. The van der Waals surface area contributed by atoms with Crippen molar-refractivity contribution in [2.24, 2.45) is 4.99 Å². The van der Waals surface area contributed by atoms with Gasteiger partial charge in [0.2, 0.25) is 5.91 Å². The van der Waals surface area contributed by atoms with Crippen molar-refractivity contribution in [3.05, 3.63) is 29.8 Å². The molecule has 1 aliphatic carbocycles. The Labute approximate surface area is 191 Å². The number of hydrogen-bond acceptors (Lipinski definition) is 4. The van der Waals surface area contributed by atoms with Crippen molar-refractivity contribution >= 4 is 35.8 Å². The van der Waals surface area contributed by atoms with Crippen molar-refractivity contribution < 1.29 is 9.53 Å². The highest BCUT2D eigenvalue weighted by molar-refractivity contribution is 14.0. The Hall–Kier alpha value is -1.55. The summed E-state index contributed by atoms with van der Waals surface area (Å²) in [6.07, 6.45) is 6.55. The van der Waals surface area contributed by atoms with Crippen molar-refractivity contribution in [2.45, 2.75) is 50.7 Å². The average Bonchev–Trinajstić information content (AvgIpc) is 3.41. The highest BCUT2D eigenvalue weighted by Gasteiger charge is 2.30. The average molecular weight is 515 g/mol. The van der Waals surface area contributed by atoms with Gasteiger partial charge in [0.05, 0.1) is 13.7 Å². The second-order valence-electron chi connectivity index (χ2n) is 7.61. The largest absolute Gasteiger partial charge is 0.497 e. The van der Waals surface area contributed by atoms with Crippen LogP contribution in [0.15, 0.2) is 29.3 Å². The molecule has 7 nitrogen and oxygen atoms in total. The SMILES string of the molecule is CN=C(NCC(=O)NCc1ccc(OC)cc1)NC1CCN(C2CCCC2)C1.I. The smallest absolute Gasteiger partial charge is 0.239 e. The number of methoxy groups -OCH3 is 1. The molecule has 162 valence electrons. The van der Waals surface area contributed by atoms with E-state index in [-0.39, 0.29) is 36.4 Å². The molecule has 3 rings (SSSR count). The molecule has 1 saturated carbocycles. The molecular weight excluding hydrogens is 481 g/mol. The molecule has 1 saturated heterocycles. The topological polar surface area (TPSA) is 78.0 Å². The molecule has 1 aliphatic heterocycles. The number of nitrogens with one attached hydrogen (secondary N) is 3. The predicted octanol–water partition coefficient (Wildman–Crippen LogP) is 2.11. The Morgan fingerprint density at radius 3 is 2.55 bits per heavy atom. The molecular formula is C21H34IN5O2. The summed E-state index contributed by atoms with van der Waals surface area (Å²) in [5, 5.41) is 9.51. The number of rotatable bonds is 7. The van der Waals surface area contributed by atoms with Crippen LogP contribution in [-0.2, 0) is 11.3 Å². The number of aliphatic imine (C=N–C) groups is 1. The van der Waals surface area contributed by atoms with Crippen LogP contribution in [0.1, 0.15) is 37.7 Å². The first-order valence-electron chi connectivity index (χ1n) is 10.3. The molecule has 29 heavy (non-hydrogen) atoms. The molecule has 1 unspecified atom stereocenters. The lowest BCUT2D eigenvalue weighted by Gasteiger charge is -2.24. The molecule has 8 heteroatoms. The number of guanidine groups is 1. The van der Waals surface area contributed by atoms with Crippen molar-refractivity contribution in [2.75, 3.05) is 33.8 Å². The maximum Gasteiger partial charge on any atom is 0.239 e. The fourth-order valence-corrected chi connectivity index (χ4v) is 4.06. The van der Waals surface area contributed by atoms with Gasteiger partial charge in [-0.25, -0.2) is 0 Å². The second-order valence-corrected chi connectivity index (χ2v) is 7.61. The van der Waals surface area contributed by atoms with E-state index in [4.69, 9.17) is 4.74 Å². The van der Waals surface area contributed by atoms with Crippen LogP contribution in [0.25, 0.3) is 0 Å². The van der Waals surface area contributed by atoms with E-state index in [2.05, 4.69) is 25.8 Å². The molecule has 1 heterocycles. The van der Waals surface area contributed by atoms with Gasteiger partial charge in [-0.3, -0.25) is 14.7 Å². The number of halogens is 1. The van der Waals surface area contributed by atoms with Crippen LogP contribution in [0.2, 0.25) is 0 Å². The minimum Gasteiger partial charge on any atom is -0.497 e. The van der Waals surface area contributed by atoms with E-state index in [0.29, 0.717) is 18.5 Å². The summed E-state index contributed by atoms with van der Waals surface area (Å²) in [5.74, 6) is 1.45. The van der Waals surface area contributed by atoms with Crippen molar-refractivity contribution in [1.82, 2.24) is 20.9 Å². The molecule has 1 aromatic rings. The normalized spacial score (nSPS) is 20.2. The van der Waals surface area contributed by atoms with Crippen molar-refractivity contribution in [3.8, 4) is 5.75 Å². The van der Waals surface area contributed by atoms with Crippen LogP contribution in [0, 0.1) is 0 Å². The molecule has 0 spiro atoms. The quantitative estimate of drug-likeness (QED) is 0.295. The lowest BCUT2D eigenvalue weighted by Crippen LogP contribution is -2.47. The first-order valence-corrected chi connectivity index (χ1v) is 10.3. The van der Waals surface area contributed by atoms with Crippen LogP contribution in [0.3, 0.4) is 0 Å². The third-order valence-corrected chi connectivity index (χ3v) is 5.69. The zero-order valence-electron chi connectivity index (χ0n) is 17.4. The lowest BCUT2D eigenvalue weighted by atomic mass is 10.2. The molecule has 2 fully saturated rings. The van der Waals surface area contributed by atoms with E-state index < -0.39 is 0 Å². The van der Waals surface area contributed by atoms with E-state index in [9.17, 15) is 4.79 Å². The third-order valence-electron chi connectivity index (χ3n) is 5.69. The maximum atomic E-state index is 12.1. The van der Waals surface area contributed by atoms with Gasteiger partial charge in [-0.05, 0) is 37.0 Å². The van der Waals surface area contributed by atoms with E-state index in [1.165, 1.54) is 25.7 Å². The van der Waals surface area contributed by atoms with Gasteiger partial charge in [-0.2, -0.15) is 0 Å². The number of amides is 1. The fourth-order valence-electron chi connectivity index (χ4n) is 4.06. The Bertz CT molecular complexity index is 662. The van der Waals surface area contributed by atoms with E-state index in [1.54, 1.807) is 14.2 Å². The van der Waals surface area contributed by atoms with Crippen LogP contribution >= 0.6 is 24.0 Å². The summed E-state index contributed by atoms with van der Waals surface area (Å²) >= 11 is 0. The van der Waals surface area contributed by atoms with E-state index in [1.807, 2.05) is 24.3 Å². The maximum absolute atomic E-state index is 12.1. The first kappa shape index (κ1) is 23.7. The molecule has 2 aliphatic rings. The number of ether oxygens (including phenoxy) is 1. The monoisotopic (exact) mass is 515 g/mol. The van der Waals surface area contributed by atoms with Crippen LogP contribution < -0.4 is 20.7 Å². The van der Waals surface area contributed by atoms with Crippen molar-refractivity contribution in [1.29, 1.82) is 0 Å². The molecule has 1 aromatic carbocycles. The van der Waals surface area contributed by atoms with Gasteiger partial charge in [0.25, 0.3) is 0 Å². The Morgan fingerprint density at radius 1 is 1.17 bits per heavy atom. The number of likely N-dealkylation sites (tertiary alicyclic amines) is 1. The number of benzene rings is 1. The second kappa shape index (κ2) is 12.2. The fraction of sp³-hybridized carbons (Fsp3) is 0.619. The summed E-state index contributed by atoms with van der Waals surface area (Å²) in [5.41, 5.74) is 1.04. The van der Waals surface area contributed by atoms with Crippen LogP contribution in [0.4, 0.5) is 0 Å². The molecule has 0 radical (unpaired) electrons. The van der Waals surface area contributed by atoms with Gasteiger partial charge in [-0.1, -0.05) is 25.0 Å². The zero-order valence-corrected chi connectivity index (χ0v) is 19.8. The van der Waals surface area contributed by atoms with Gasteiger partial charge in [0.1, 0.15) is 5.75 Å². The zero-order chi connectivity index (χ0) is 19.8. The van der Waals surface area contributed by atoms with Crippen molar-refractivity contribution in [3.63, 3.8) is 0 Å². The molecule has 0 bridgehead atoms. The van der Waals surface area contributed by atoms with Crippen LogP contribution in [-0.4, -0.2) is 62.6 Å². The van der Waals surface area contributed by atoms with Gasteiger partial charge in [-0.15, -0.1) is 24.0 Å². The number of carbonyl (C=O) groups excluding carboxylic acids is 1. The molecule has 1 amide bonds. The molecule has 1 atom stereocenters. The standard InChI is InChI=1S/C21H33N5O2.HI/c1-22-21(25-17-11-12-26(15-17)18-5-3-4-6-18)24-14-20(27)23-13-16-7-9-19(28-2)10-8-16;/h7-10,17-18H,3-6,11-15H2,1-2H3,(H,23,27)(H2,22,24,25);1H. The van der Waals surface area contributed by atoms with E-state index in [0.717, 1.165) is 36.9 Å². The summed E-state index contributed by atoms with van der Waals surface area (Å²) in [6, 6.07) is 8.84. The van der Waals surface area contributed by atoms with Crippen LogP contribution in [0.5, 0.6) is 5.75 Å². The third kappa shape index (κ3) is 7.33. The summed E-state index contributed by atoms with van der Waals surface area (Å²) in [4.78, 5) is 19.0. The Kier molecular flexibility index (Phi) is 9.99. The minimum atomic E-state index is -0.0576. The summed E-state index contributed by atoms with van der Waals surface area (Å²) in [6.45, 7) is 2.92. The molecule has 3 N–H and O–H groups in total. The van der Waals surface area contributed by atoms with E-state index >= 15 is 0 Å². The highest BCUT2D eigenvalue weighted by atomic mass is 127. The number of nitrogens with zero attached hydrogens (tertiary/aromatic N) is 2. The first-order chi connectivity index (χ1) is 13.7.